The molecule has 1 amide bonds. The van der Waals surface area contributed by atoms with Gasteiger partial charge in [0.2, 0.25) is 15.9 Å². The monoisotopic (exact) mass is 308 g/mol. The van der Waals surface area contributed by atoms with E-state index >= 15 is 0 Å². The Labute approximate surface area is 115 Å². The highest BCUT2D eigenvalue weighted by Gasteiger charge is 2.29. The van der Waals surface area contributed by atoms with Crippen LogP contribution < -0.4 is 5.32 Å². The number of hydrogen-bond acceptors (Lipinski definition) is 3. The van der Waals surface area contributed by atoms with Crippen LogP contribution in [0.4, 0.5) is 0 Å². The summed E-state index contributed by atoms with van der Waals surface area (Å²) in [5.41, 5.74) is 0. The number of hydrogen-bond donors (Lipinski definition) is 1. The predicted octanol–water partition coefficient (Wildman–Crippen LogP) is 1.11. The van der Waals surface area contributed by atoms with Crippen LogP contribution >= 0.6 is 23.2 Å². The van der Waals surface area contributed by atoms with E-state index in [9.17, 15) is 13.2 Å². The van der Waals surface area contributed by atoms with Crippen LogP contribution in [0.15, 0.2) is 23.1 Å². The number of amides is 1. The number of sulfonamides is 1. The average Bonchev–Trinajstić information content (AvgIpc) is 2.27. The van der Waals surface area contributed by atoms with Crippen molar-refractivity contribution in [3.8, 4) is 0 Å². The summed E-state index contributed by atoms with van der Waals surface area (Å²) in [6.07, 6.45) is 0. The molecule has 1 N–H and O–H groups in total. The second-order valence-corrected chi connectivity index (χ2v) is 6.60. The Balaban J connectivity index is 2.38. The Morgan fingerprint density at radius 3 is 2.33 bits per heavy atom. The highest BCUT2D eigenvalue weighted by molar-refractivity contribution is 7.89. The predicted molar refractivity (Wildman–Crippen MR) is 68.2 cm³/mol. The molecule has 0 aliphatic carbocycles. The standard InChI is InChI=1S/C10H10Cl2N2O3S/c11-7-3-8(12)5-9(4-7)18(16,17)14-2-1-13-10(15)6-14/h3-5H,1-2,6H2,(H,13,15). The fourth-order valence-corrected chi connectivity index (χ4v) is 3.77. The van der Waals surface area contributed by atoms with Gasteiger partial charge in [0.15, 0.2) is 0 Å². The van der Waals surface area contributed by atoms with Gasteiger partial charge in [-0.2, -0.15) is 4.31 Å². The SMILES string of the molecule is O=C1CN(S(=O)(=O)c2cc(Cl)cc(Cl)c2)CCN1. The first-order chi connectivity index (χ1) is 8.39. The maximum absolute atomic E-state index is 12.3. The Morgan fingerprint density at radius 2 is 1.78 bits per heavy atom. The molecule has 0 atom stereocenters. The quantitative estimate of drug-likeness (QED) is 0.890. The summed E-state index contributed by atoms with van der Waals surface area (Å²) in [5, 5.41) is 3.04. The van der Waals surface area contributed by atoms with E-state index in [0.717, 1.165) is 4.31 Å². The van der Waals surface area contributed by atoms with E-state index < -0.39 is 10.0 Å². The molecule has 1 aliphatic heterocycles. The third kappa shape index (κ3) is 2.77. The van der Waals surface area contributed by atoms with Crippen LogP contribution in [-0.4, -0.2) is 38.3 Å². The fourth-order valence-electron chi connectivity index (χ4n) is 1.65. The lowest BCUT2D eigenvalue weighted by molar-refractivity contribution is -0.122. The number of rotatable bonds is 2. The highest BCUT2D eigenvalue weighted by Crippen LogP contribution is 2.24. The summed E-state index contributed by atoms with van der Waals surface area (Å²) in [6.45, 7) is 0.344. The van der Waals surface area contributed by atoms with Gasteiger partial charge in [-0.15, -0.1) is 0 Å². The Hall–Kier alpha value is -0.820. The molecule has 0 bridgehead atoms. The van der Waals surface area contributed by atoms with Gasteiger partial charge in [0.05, 0.1) is 11.4 Å². The van der Waals surface area contributed by atoms with Crippen LogP contribution in [0.3, 0.4) is 0 Å². The van der Waals surface area contributed by atoms with Crippen LogP contribution in [0.25, 0.3) is 0 Å². The van der Waals surface area contributed by atoms with Gasteiger partial charge in [-0.3, -0.25) is 4.79 Å². The molecule has 18 heavy (non-hydrogen) atoms. The van der Waals surface area contributed by atoms with Crippen molar-refractivity contribution in [2.24, 2.45) is 0 Å². The maximum Gasteiger partial charge on any atom is 0.243 e. The summed E-state index contributed by atoms with van der Waals surface area (Å²) >= 11 is 11.6. The molecule has 1 saturated heterocycles. The van der Waals surface area contributed by atoms with E-state index in [1.807, 2.05) is 0 Å². The van der Waals surface area contributed by atoms with E-state index in [0.29, 0.717) is 6.54 Å². The number of carbonyl (C=O) groups excluding carboxylic acids is 1. The topological polar surface area (TPSA) is 66.5 Å². The zero-order valence-corrected chi connectivity index (χ0v) is 11.5. The van der Waals surface area contributed by atoms with E-state index in [4.69, 9.17) is 23.2 Å². The largest absolute Gasteiger partial charge is 0.354 e. The molecule has 0 aromatic heterocycles. The minimum Gasteiger partial charge on any atom is -0.354 e. The van der Waals surface area contributed by atoms with Crippen molar-refractivity contribution in [3.63, 3.8) is 0 Å². The minimum absolute atomic E-state index is 0.00491. The van der Waals surface area contributed by atoms with Crippen LogP contribution in [0, 0.1) is 0 Å². The summed E-state index contributed by atoms with van der Waals surface area (Å²) in [7, 11) is -3.74. The third-order valence-corrected chi connectivity index (χ3v) is 4.74. The zero-order valence-electron chi connectivity index (χ0n) is 9.19. The van der Waals surface area contributed by atoms with Crippen molar-refractivity contribution in [1.29, 1.82) is 0 Å². The average molecular weight is 309 g/mol. The maximum atomic E-state index is 12.3. The smallest absolute Gasteiger partial charge is 0.243 e. The number of carbonyl (C=O) groups is 1. The van der Waals surface area contributed by atoms with E-state index in [1.165, 1.54) is 18.2 Å². The fraction of sp³-hybridized carbons (Fsp3) is 0.300. The number of halogens is 2. The van der Waals surface area contributed by atoms with Crippen LogP contribution in [-0.2, 0) is 14.8 Å². The molecule has 1 aromatic carbocycles. The molecule has 5 nitrogen and oxygen atoms in total. The van der Waals surface area contributed by atoms with Crippen molar-refractivity contribution in [2.75, 3.05) is 19.6 Å². The van der Waals surface area contributed by atoms with Crippen molar-refractivity contribution in [2.45, 2.75) is 4.90 Å². The van der Waals surface area contributed by atoms with Crippen LogP contribution in [0.5, 0.6) is 0 Å². The molecule has 2 rings (SSSR count). The zero-order chi connectivity index (χ0) is 13.3. The number of nitrogens with one attached hydrogen (secondary N) is 1. The number of benzene rings is 1. The normalized spacial score (nSPS) is 17.6. The second kappa shape index (κ2) is 5.05. The number of piperazine rings is 1. The van der Waals surface area contributed by atoms with E-state index in [1.54, 1.807) is 0 Å². The Morgan fingerprint density at radius 1 is 1.17 bits per heavy atom. The summed E-state index contributed by atoms with van der Waals surface area (Å²) in [6, 6.07) is 4.08. The van der Waals surface area contributed by atoms with Crippen LogP contribution in [0.1, 0.15) is 0 Å². The van der Waals surface area contributed by atoms with Crippen molar-refractivity contribution < 1.29 is 13.2 Å². The molecule has 0 unspecified atom stereocenters. The lowest BCUT2D eigenvalue weighted by Crippen LogP contribution is -2.49. The second-order valence-electron chi connectivity index (χ2n) is 3.79. The molecule has 98 valence electrons. The van der Waals surface area contributed by atoms with E-state index in [2.05, 4.69) is 5.32 Å². The molecule has 1 heterocycles. The number of nitrogens with zero attached hydrogens (tertiary/aromatic N) is 1. The first-order valence-corrected chi connectivity index (χ1v) is 7.32. The lowest BCUT2D eigenvalue weighted by atomic mass is 10.4. The highest BCUT2D eigenvalue weighted by atomic mass is 35.5. The van der Waals surface area contributed by atoms with Gasteiger partial charge in [0, 0.05) is 23.1 Å². The lowest BCUT2D eigenvalue weighted by Gasteiger charge is -2.26. The molecule has 8 heteroatoms. The first-order valence-electron chi connectivity index (χ1n) is 5.12. The van der Waals surface area contributed by atoms with Gasteiger partial charge < -0.3 is 5.32 Å². The van der Waals surface area contributed by atoms with Gasteiger partial charge >= 0.3 is 0 Å². The summed E-state index contributed by atoms with van der Waals surface area (Å²) < 4.78 is 25.6. The molecule has 0 spiro atoms. The van der Waals surface area contributed by atoms with Crippen molar-refractivity contribution >= 4 is 39.1 Å². The van der Waals surface area contributed by atoms with Gasteiger partial charge in [-0.1, -0.05) is 23.2 Å². The molecular weight excluding hydrogens is 299 g/mol. The summed E-state index contributed by atoms with van der Waals surface area (Å²) in [5.74, 6) is -0.321. The minimum atomic E-state index is -3.74. The molecule has 1 aromatic rings. The molecule has 1 fully saturated rings. The molecular formula is C10H10Cl2N2O3S. The molecule has 0 radical (unpaired) electrons. The van der Waals surface area contributed by atoms with Gasteiger partial charge in [-0.25, -0.2) is 8.42 Å². The first kappa shape index (κ1) is 13.6. The summed E-state index contributed by atoms with van der Waals surface area (Å²) in [4.78, 5) is 11.2. The van der Waals surface area contributed by atoms with E-state index in [-0.39, 0.29) is 33.9 Å². The van der Waals surface area contributed by atoms with Gasteiger partial charge in [-0.05, 0) is 18.2 Å². The van der Waals surface area contributed by atoms with Crippen LogP contribution in [0.2, 0.25) is 10.0 Å². The van der Waals surface area contributed by atoms with Crippen molar-refractivity contribution in [1.82, 2.24) is 9.62 Å². The Bertz CT molecular complexity index is 569. The molecule has 1 aliphatic rings. The van der Waals surface area contributed by atoms with Gasteiger partial charge in [0.25, 0.3) is 0 Å². The molecule has 0 saturated carbocycles. The van der Waals surface area contributed by atoms with Crippen molar-refractivity contribution in [3.05, 3.63) is 28.2 Å². The third-order valence-electron chi connectivity index (χ3n) is 2.48. The Kier molecular flexibility index (Phi) is 3.82. The van der Waals surface area contributed by atoms with Gasteiger partial charge in [0.1, 0.15) is 0 Å².